The van der Waals surface area contributed by atoms with Crippen LogP contribution in [-0.2, 0) is 11.2 Å². The molecular formula is C25H24NO2. The van der Waals surface area contributed by atoms with Crippen molar-refractivity contribution in [2.75, 3.05) is 7.05 Å². The van der Waals surface area contributed by atoms with Crippen LogP contribution in [0.5, 0.6) is 0 Å². The number of nitrogens with zero attached hydrogens (tertiary/aromatic N) is 1. The van der Waals surface area contributed by atoms with E-state index in [0.717, 1.165) is 27.8 Å². The second kappa shape index (κ2) is 8.66. The Labute approximate surface area is 166 Å². The number of benzene rings is 3. The van der Waals surface area contributed by atoms with Gasteiger partial charge in [0.15, 0.2) is 0 Å². The Balaban J connectivity index is 1.74. The number of amides is 1. The Hall–Kier alpha value is -3.20. The van der Waals surface area contributed by atoms with Crippen molar-refractivity contribution >= 4 is 12.2 Å². The normalized spacial score (nSPS) is 11.7. The lowest BCUT2D eigenvalue weighted by Gasteiger charge is -2.24. The Morgan fingerprint density at radius 2 is 1.46 bits per heavy atom. The van der Waals surface area contributed by atoms with Crippen LogP contribution >= 0.6 is 0 Å². The topological polar surface area (TPSA) is 37.4 Å². The quantitative estimate of drug-likeness (QED) is 0.627. The molecule has 28 heavy (non-hydrogen) atoms. The Kier molecular flexibility index (Phi) is 6.05. The molecule has 141 valence electrons. The first kappa shape index (κ1) is 19.6. The molecule has 3 aromatic carbocycles. The first-order valence-electron chi connectivity index (χ1n) is 9.35. The summed E-state index contributed by atoms with van der Waals surface area (Å²) in [6.07, 6.45) is 2.47. The van der Waals surface area contributed by atoms with Crippen molar-refractivity contribution < 1.29 is 9.59 Å². The summed E-state index contributed by atoms with van der Waals surface area (Å²) in [6, 6.07) is 23.3. The van der Waals surface area contributed by atoms with Crippen molar-refractivity contribution in [2.24, 2.45) is 0 Å². The summed E-state index contributed by atoms with van der Waals surface area (Å²) in [6.45, 7) is 3.92. The zero-order valence-corrected chi connectivity index (χ0v) is 16.5. The fourth-order valence-corrected chi connectivity index (χ4v) is 3.39. The van der Waals surface area contributed by atoms with Crippen LogP contribution in [-0.4, -0.2) is 30.2 Å². The highest BCUT2D eigenvalue weighted by molar-refractivity contribution is 5.96. The van der Waals surface area contributed by atoms with Crippen molar-refractivity contribution in [2.45, 2.75) is 26.3 Å². The molecule has 0 saturated carbocycles. The van der Waals surface area contributed by atoms with Crippen LogP contribution in [0.25, 0.3) is 11.1 Å². The van der Waals surface area contributed by atoms with E-state index in [9.17, 15) is 9.59 Å². The second-order valence-electron chi connectivity index (χ2n) is 7.19. The summed E-state index contributed by atoms with van der Waals surface area (Å²) in [5.74, 6) is -0.166. The molecule has 1 amide bonds. The Bertz CT molecular complexity index is 941. The molecular weight excluding hydrogens is 346 g/mol. The van der Waals surface area contributed by atoms with Gasteiger partial charge in [-0.25, -0.2) is 0 Å². The number of hydrogen-bond acceptors (Lipinski definition) is 2. The monoisotopic (exact) mass is 370 g/mol. The third-order valence-electron chi connectivity index (χ3n) is 4.88. The maximum Gasteiger partial charge on any atom is 0.254 e. The lowest BCUT2D eigenvalue weighted by Crippen LogP contribution is -2.39. The lowest BCUT2D eigenvalue weighted by atomic mass is 10.00. The van der Waals surface area contributed by atoms with E-state index in [4.69, 9.17) is 0 Å². The first-order valence-corrected chi connectivity index (χ1v) is 9.35. The van der Waals surface area contributed by atoms with Crippen molar-refractivity contribution in [3.05, 3.63) is 95.1 Å². The molecule has 0 aliphatic carbocycles. The molecule has 0 fully saturated rings. The van der Waals surface area contributed by atoms with Crippen LogP contribution < -0.4 is 0 Å². The number of carbonyl (C=O) groups is 1. The predicted molar refractivity (Wildman–Crippen MR) is 113 cm³/mol. The van der Waals surface area contributed by atoms with Gasteiger partial charge < -0.3 is 4.90 Å². The minimum Gasteiger partial charge on any atom is -0.331 e. The maximum absolute atomic E-state index is 12.8. The molecule has 0 saturated heterocycles. The van der Waals surface area contributed by atoms with E-state index in [1.54, 1.807) is 7.05 Å². The van der Waals surface area contributed by atoms with Crippen LogP contribution in [0.2, 0.25) is 0 Å². The van der Waals surface area contributed by atoms with E-state index in [0.29, 0.717) is 12.0 Å². The van der Waals surface area contributed by atoms with Crippen LogP contribution in [0, 0.1) is 13.8 Å². The number of aryl methyl sites for hydroxylation is 2. The van der Waals surface area contributed by atoms with Crippen LogP contribution in [0.15, 0.2) is 72.8 Å². The number of likely N-dealkylation sites (N-methyl/N-ethyl adjacent to an activating group) is 1. The standard InChI is InChI=1S/C25H24NO2/c1-18-13-19(2)15-23(14-18)25(28)26(3)24(17-27)16-20-9-11-22(12-10-20)21-7-5-4-6-8-21/h4-15,24H,16H2,1-3H3/t24-/m1/s1. The van der Waals surface area contributed by atoms with E-state index in [1.807, 2.05) is 80.8 Å². The van der Waals surface area contributed by atoms with E-state index >= 15 is 0 Å². The third kappa shape index (κ3) is 4.55. The van der Waals surface area contributed by atoms with Gasteiger partial charge in [-0.2, -0.15) is 0 Å². The smallest absolute Gasteiger partial charge is 0.254 e. The van der Waals surface area contributed by atoms with E-state index < -0.39 is 6.04 Å². The lowest BCUT2D eigenvalue weighted by molar-refractivity contribution is 0.0768. The average Bonchev–Trinajstić information content (AvgIpc) is 2.71. The van der Waals surface area contributed by atoms with E-state index in [2.05, 4.69) is 12.1 Å². The molecule has 0 aliphatic rings. The summed E-state index contributed by atoms with van der Waals surface area (Å²) in [5, 5.41) is 0. The van der Waals surface area contributed by atoms with Gasteiger partial charge in [-0.3, -0.25) is 9.59 Å². The SMILES string of the molecule is Cc1cc(C)cc(C(=O)N(C)[C@@H]([C]=O)Cc2ccc(-c3ccccc3)cc2)c1. The Morgan fingerprint density at radius 3 is 2.04 bits per heavy atom. The highest BCUT2D eigenvalue weighted by atomic mass is 16.2. The minimum atomic E-state index is -0.629. The molecule has 3 aromatic rings. The summed E-state index contributed by atoms with van der Waals surface area (Å²) >= 11 is 0. The van der Waals surface area contributed by atoms with Gasteiger partial charge >= 0.3 is 0 Å². The minimum absolute atomic E-state index is 0.166. The van der Waals surface area contributed by atoms with Crippen molar-refractivity contribution in [1.82, 2.24) is 4.90 Å². The summed E-state index contributed by atoms with van der Waals surface area (Å²) in [4.78, 5) is 25.9. The molecule has 0 bridgehead atoms. The number of hydrogen-bond donors (Lipinski definition) is 0. The van der Waals surface area contributed by atoms with Crippen LogP contribution in [0.1, 0.15) is 27.0 Å². The van der Waals surface area contributed by atoms with E-state index in [1.165, 1.54) is 4.90 Å². The van der Waals surface area contributed by atoms with Crippen molar-refractivity contribution in [1.29, 1.82) is 0 Å². The highest BCUT2D eigenvalue weighted by Gasteiger charge is 2.22. The molecule has 0 unspecified atom stereocenters. The highest BCUT2D eigenvalue weighted by Crippen LogP contribution is 2.20. The van der Waals surface area contributed by atoms with Gasteiger partial charge in [0.25, 0.3) is 5.91 Å². The van der Waals surface area contributed by atoms with Gasteiger partial charge in [-0.15, -0.1) is 0 Å². The molecule has 0 heterocycles. The molecule has 3 heteroatoms. The van der Waals surface area contributed by atoms with Gasteiger partial charge in [0, 0.05) is 19.0 Å². The summed E-state index contributed by atoms with van der Waals surface area (Å²) in [7, 11) is 1.66. The van der Waals surface area contributed by atoms with Crippen molar-refractivity contribution in [3.63, 3.8) is 0 Å². The molecule has 3 rings (SSSR count). The van der Waals surface area contributed by atoms with Gasteiger partial charge in [0.05, 0.1) is 0 Å². The summed E-state index contributed by atoms with van der Waals surface area (Å²) < 4.78 is 0. The Morgan fingerprint density at radius 1 is 0.893 bits per heavy atom. The first-order chi connectivity index (χ1) is 13.5. The molecule has 1 radical (unpaired) electrons. The zero-order valence-electron chi connectivity index (χ0n) is 16.5. The fourth-order valence-electron chi connectivity index (χ4n) is 3.39. The number of rotatable bonds is 6. The summed E-state index contributed by atoms with van der Waals surface area (Å²) in [5.41, 5.74) is 5.91. The number of carbonyl (C=O) groups excluding carboxylic acids is 2. The van der Waals surface area contributed by atoms with E-state index in [-0.39, 0.29) is 5.91 Å². The molecule has 0 aliphatic heterocycles. The third-order valence-corrected chi connectivity index (χ3v) is 4.88. The van der Waals surface area contributed by atoms with Crippen LogP contribution in [0.3, 0.4) is 0 Å². The van der Waals surface area contributed by atoms with Crippen LogP contribution in [0.4, 0.5) is 0 Å². The van der Waals surface area contributed by atoms with Crippen molar-refractivity contribution in [3.8, 4) is 11.1 Å². The van der Waals surface area contributed by atoms with Gasteiger partial charge in [-0.1, -0.05) is 71.8 Å². The predicted octanol–water partition coefficient (Wildman–Crippen LogP) is 4.76. The van der Waals surface area contributed by atoms with Gasteiger partial charge in [-0.05, 0) is 42.7 Å². The van der Waals surface area contributed by atoms with Gasteiger partial charge in [0.1, 0.15) is 6.04 Å². The zero-order chi connectivity index (χ0) is 20.1. The second-order valence-corrected chi connectivity index (χ2v) is 7.19. The molecule has 0 spiro atoms. The largest absolute Gasteiger partial charge is 0.331 e. The molecule has 3 nitrogen and oxygen atoms in total. The fraction of sp³-hybridized carbons (Fsp3) is 0.200. The average molecular weight is 370 g/mol. The van der Waals surface area contributed by atoms with Gasteiger partial charge in [0.2, 0.25) is 6.29 Å². The maximum atomic E-state index is 12.8. The molecule has 0 N–H and O–H groups in total. The molecule has 1 atom stereocenters. The molecule has 0 aromatic heterocycles.